The molecule has 1 aliphatic rings. The molecule has 0 aliphatic carbocycles. The molecular weight excluding hydrogens is 410 g/mol. The number of aliphatic hydroxyl groups excluding tert-OH is 1. The minimum atomic E-state index is -0.810. The highest BCUT2D eigenvalue weighted by Gasteiger charge is 2.45. The maximum Gasteiger partial charge on any atom is 0.295 e. The number of carbonyl (C=O) groups excluding carboxylic acids is 2. The van der Waals surface area contributed by atoms with E-state index >= 15 is 0 Å². The molecule has 1 amide bonds. The molecular formula is C25H29NO6. The normalized spacial score (nSPS) is 17.7. The van der Waals surface area contributed by atoms with Gasteiger partial charge in [0.1, 0.15) is 17.3 Å². The molecule has 0 spiro atoms. The predicted octanol–water partition coefficient (Wildman–Crippen LogP) is 3.95. The van der Waals surface area contributed by atoms with Crippen molar-refractivity contribution in [3.05, 3.63) is 64.7 Å². The van der Waals surface area contributed by atoms with E-state index in [2.05, 4.69) is 0 Å². The van der Waals surface area contributed by atoms with Crippen molar-refractivity contribution in [2.24, 2.45) is 0 Å². The molecule has 1 aliphatic heterocycles. The van der Waals surface area contributed by atoms with E-state index in [0.717, 1.165) is 12.0 Å². The van der Waals surface area contributed by atoms with Crippen LogP contribution in [0.25, 0.3) is 5.76 Å². The fourth-order valence-corrected chi connectivity index (χ4v) is 3.86. The van der Waals surface area contributed by atoms with Gasteiger partial charge in [-0.05, 0) is 61.2 Å². The number of benzene rings is 2. The van der Waals surface area contributed by atoms with Crippen molar-refractivity contribution in [2.75, 3.05) is 26.9 Å². The summed E-state index contributed by atoms with van der Waals surface area (Å²) in [5, 5.41) is 21.1. The molecule has 0 bridgehead atoms. The number of nitrogens with zero attached hydrogens (tertiary/aromatic N) is 1. The summed E-state index contributed by atoms with van der Waals surface area (Å²) in [4.78, 5) is 27.3. The second-order valence-electron chi connectivity index (χ2n) is 7.76. The van der Waals surface area contributed by atoms with Gasteiger partial charge in [0.05, 0.1) is 18.2 Å². The van der Waals surface area contributed by atoms with Crippen LogP contribution in [0, 0.1) is 6.92 Å². The number of hydrogen-bond acceptors (Lipinski definition) is 6. The fourth-order valence-electron chi connectivity index (χ4n) is 3.86. The first-order valence-corrected chi connectivity index (χ1v) is 10.7. The van der Waals surface area contributed by atoms with Crippen molar-refractivity contribution < 1.29 is 29.3 Å². The molecule has 1 heterocycles. The van der Waals surface area contributed by atoms with Crippen LogP contribution in [0.2, 0.25) is 0 Å². The van der Waals surface area contributed by atoms with Gasteiger partial charge in [-0.1, -0.05) is 19.1 Å². The zero-order chi connectivity index (χ0) is 23.3. The van der Waals surface area contributed by atoms with Crippen molar-refractivity contribution in [1.29, 1.82) is 0 Å². The van der Waals surface area contributed by atoms with Gasteiger partial charge in [-0.15, -0.1) is 0 Å². The molecule has 1 fully saturated rings. The summed E-state index contributed by atoms with van der Waals surface area (Å²) in [5.41, 5.74) is 1.78. The topological polar surface area (TPSA) is 96.3 Å². The Morgan fingerprint density at radius 2 is 1.91 bits per heavy atom. The molecule has 1 atom stereocenters. The Balaban J connectivity index is 2.08. The van der Waals surface area contributed by atoms with Gasteiger partial charge in [-0.3, -0.25) is 9.59 Å². The zero-order valence-electron chi connectivity index (χ0n) is 18.6. The standard InChI is InChI=1S/C25H29NO6/c1-4-12-32-20-10-9-18(14-16(20)2)23(28)21-22(17-7-5-8-19(27)15-17)26(11-6-13-31-3)25(30)24(21)29/h5,7-10,14-15,22,27-28H,4,6,11-13H2,1-3H3/b23-21-. The summed E-state index contributed by atoms with van der Waals surface area (Å²) < 4.78 is 10.8. The maximum absolute atomic E-state index is 13.0. The largest absolute Gasteiger partial charge is 0.508 e. The Labute approximate surface area is 187 Å². The molecule has 7 nitrogen and oxygen atoms in total. The van der Waals surface area contributed by atoms with Gasteiger partial charge in [-0.2, -0.15) is 0 Å². The van der Waals surface area contributed by atoms with E-state index in [-0.39, 0.29) is 23.6 Å². The van der Waals surface area contributed by atoms with Gasteiger partial charge in [0.2, 0.25) is 0 Å². The quantitative estimate of drug-likeness (QED) is 0.266. The van der Waals surface area contributed by atoms with Gasteiger partial charge in [-0.25, -0.2) is 0 Å². The fraction of sp³-hybridized carbons (Fsp3) is 0.360. The number of phenolic OH excluding ortho intramolecular Hbond substituents is 1. The predicted molar refractivity (Wildman–Crippen MR) is 121 cm³/mol. The summed E-state index contributed by atoms with van der Waals surface area (Å²) in [7, 11) is 1.57. The van der Waals surface area contributed by atoms with Gasteiger partial charge < -0.3 is 24.6 Å². The first-order valence-electron chi connectivity index (χ1n) is 10.7. The van der Waals surface area contributed by atoms with Crippen LogP contribution in [0.5, 0.6) is 11.5 Å². The van der Waals surface area contributed by atoms with E-state index in [1.54, 1.807) is 37.4 Å². The van der Waals surface area contributed by atoms with Gasteiger partial charge >= 0.3 is 0 Å². The number of Topliss-reactive ketones (excluding diaryl/α,β-unsaturated/α-hetero) is 1. The van der Waals surface area contributed by atoms with Crippen LogP contribution in [0.15, 0.2) is 48.0 Å². The van der Waals surface area contributed by atoms with E-state index < -0.39 is 17.7 Å². The average molecular weight is 440 g/mol. The third kappa shape index (κ3) is 4.78. The smallest absolute Gasteiger partial charge is 0.295 e. The highest BCUT2D eigenvalue weighted by molar-refractivity contribution is 6.46. The highest BCUT2D eigenvalue weighted by Crippen LogP contribution is 2.40. The number of phenols is 1. The van der Waals surface area contributed by atoms with Crippen molar-refractivity contribution in [1.82, 2.24) is 4.90 Å². The molecule has 0 saturated carbocycles. The molecule has 7 heteroatoms. The lowest BCUT2D eigenvalue weighted by molar-refractivity contribution is -0.140. The lowest BCUT2D eigenvalue weighted by Crippen LogP contribution is -2.31. The number of ketones is 1. The van der Waals surface area contributed by atoms with Crippen LogP contribution in [0.1, 0.15) is 42.5 Å². The van der Waals surface area contributed by atoms with E-state index in [1.165, 1.54) is 17.0 Å². The molecule has 2 N–H and O–H groups in total. The lowest BCUT2D eigenvalue weighted by Gasteiger charge is -2.25. The molecule has 1 unspecified atom stereocenters. The van der Waals surface area contributed by atoms with Crippen molar-refractivity contribution >= 4 is 17.4 Å². The van der Waals surface area contributed by atoms with Crippen LogP contribution in [-0.4, -0.2) is 53.7 Å². The van der Waals surface area contributed by atoms with E-state index in [9.17, 15) is 19.8 Å². The summed E-state index contributed by atoms with van der Waals surface area (Å²) >= 11 is 0. The van der Waals surface area contributed by atoms with E-state index in [1.807, 2.05) is 13.8 Å². The number of likely N-dealkylation sites (tertiary alicyclic amines) is 1. The second kappa shape index (κ2) is 10.3. The Kier molecular flexibility index (Phi) is 7.53. The van der Waals surface area contributed by atoms with Crippen LogP contribution in [-0.2, 0) is 14.3 Å². The Morgan fingerprint density at radius 1 is 1.12 bits per heavy atom. The first-order chi connectivity index (χ1) is 15.4. The molecule has 32 heavy (non-hydrogen) atoms. The second-order valence-corrected chi connectivity index (χ2v) is 7.76. The highest BCUT2D eigenvalue weighted by atomic mass is 16.5. The van der Waals surface area contributed by atoms with Crippen LogP contribution in [0.4, 0.5) is 0 Å². The molecule has 1 saturated heterocycles. The number of methoxy groups -OCH3 is 1. The zero-order valence-corrected chi connectivity index (χ0v) is 18.6. The number of rotatable bonds is 9. The third-order valence-corrected chi connectivity index (χ3v) is 5.38. The molecule has 2 aromatic rings. The SMILES string of the molecule is CCCOc1ccc(/C(O)=C2/C(=O)C(=O)N(CCCOC)C2c2cccc(O)c2)cc1C. The number of amides is 1. The number of aliphatic hydroxyl groups is 1. The summed E-state index contributed by atoms with van der Waals surface area (Å²) in [6.07, 6.45) is 1.40. The number of aromatic hydroxyl groups is 1. The summed E-state index contributed by atoms with van der Waals surface area (Å²) in [6, 6.07) is 10.7. The summed E-state index contributed by atoms with van der Waals surface area (Å²) in [6.45, 7) is 5.16. The molecule has 2 aromatic carbocycles. The number of carbonyl (C=O) groups is 2. The number of ether oxygens (including phenoxy) is 2. The first kappa shape index (κ1) is 23.3. The van der Waals surface area contributed by atoms with Crippen molar-refractivity contribution in [2.45, 2.75) is 32.7 Å². The Hall–Kier alpha value is -3.32. The molecule has 170 valence electrons. The molecule has 0 radical (unpaired) electrons. The Bertz CT molecular complexity index is 1030. The van der Waals surface area contributed by atoms with Gasteiger partial charge in [0.25, 0.3) is 11.7 Å². The van der Waals surface area contributed by atoms with E-state index in [4.69, 9.17) is 9.47 Å². The van der Waals surface area contributed by atoms with Crippen LogP contribution in [0.3, 0.4) is 0 Å². The van der Waals surface area contributed by atoms with Crippen molar-refractivity contribution in [3.8, 4) is 11.5 Å². The number of hydrogen-bond donors (Lipinski definition) is 2. The van der Waals surface area contributed by atoms with Gasteiger partial charge in [0.15, 0.2) is 0 Å². The monoisotopic (exact) mass is 439 g/mol. The minimum Gasteiger partial charge on any atom is -0.508 e. The maximum atomic E-state index is 13.0. The average Bonchev–Trinajstić information content (AvgIpc) is 3.03. The van der Waals surface area contributed by atoms with Crippen molar-refractivity contribution in [3.63, 3.8) is 0 Å². The number of aryl methyl sites for hydroxylation is 1. The van der Waals surface area contributed by atoms with Gasteiger partial charge in [0, 0.05) is 25.8 Å². The van der Waals surface area contributed by atoms with E-state index in [0.29, 0.717) is 36.5 Å². The van der Waals surface area contributed by atoms with Crippen LogP contribution >= 0.6 is 0 Å². The summed E-state index contributed by atoms with van der Waals surface area (Å²) in [5.74, 6) is -0.977. The Morgan fingerprint density at radius 3 is 2.56 bits per heavy atom. The molecule has 0 aromatic heterocycles. The minimum absolute atomic E-state index is 0.000330. The molecule has 3 rings (SSSR count). The van der Waals surface area contributed by atoms with Crippen LogP contribution < -0.4 is 4.74 Å². The lowest BCUT2D eigenvalue weighted by atomic mass is 9.94. The third-order valence-electron chi connectivity index (χ3n) is 5.38.